The number of nitrogens with zero attached hydrogens (tertiary/aromatic N) is 2. The summed E-state index contributed by atoms with van der Waals surface area (Å²) >= 11 is 0. The Balaban J connectivity index is 2.24. The van der Waals surface area contributed by atoms with Crippen molar-refractivity contribution in [3.05, 3.63) is 23.9 Å². The number of carbonyl (C=O) groups excluding carboxylic acids is 1. The molecule has 1 N–H and O–H groups in total. The lowest BCUT2D eigenvalue weighted by Crippen LogP contribution is -2.55. The summed E-state index contributed by atoms with van der Waals surface area (Å²) in [4.78, 5) is 29.2. The Bertz CT molecular complexity index is 529. The van der Waals surface area contributed by atoms with E-state index in [2.05, 4.69) is 4.98 Å². The van der Waals surface area contributed by atoms with Crippen LogP contribution < -0.4 is 4.90 Å². The van der Waals surface area contributed by atoms with Crippen molar-refractivity contribution in [3.63, 3.8) is 0 Å². The number of carboxylic acids is 1. The summed E-state index contributed by atoms with van der Waals surface area (Å²) in [6.07, 6.45) is 3.85. The average Bonchev–Trinajstić information content (AvgIpc) is 2.48. The molecule has 1 aromatic rings. The molecular weight excluding hydrogens is 272 g/mol. The summed E-state index contributed by atoms with van der Waals surface area (Å²) < 4.78 is 4.91. The number of hydrogen-bond acceptors (Lipinski definition) is 5. The van der Waals surface area contributed by atoms with Crippen LogP contribution in [0.1, 0.15) is 43.5 Å². The molecule has 114 valence electrons. The molecular formula is C15H20N2O4. The lowest BCUT2D eigenvalue weighted by atomic mass is 9.88. The highest BCUT2D eigenvalue weighted by molar-refractivity contribution is 5.89. The van der Waals surface area contributed by atoms with E-state index in [1.54, 1.807) is 30.9 Å². The maximum atomic E-state index is 11.6. The third kappa shape index (κ3) is 2.99. The van der Waals surface area contributed by atoms with Crippen molar-refractivity contribution in [1.82, 2.24) is 4.98 Å². The van der Waals surface area contributed by atoms with E-state index in [-0.39, 0.29) is 0 Å². The molecule has 0 aliphatic carbocycles. The predicted molar refractivity (Wildman–Crippen MR) is 77.4 cm³/mol. The minimum absolute atomic E-state index is 0.309. The number of aliphatic carboxylic acids is 1. The van der Waals surface area contributed by atoms with Gasteiger partial charge in [-0.25, -0.2) is 14.6 Å². The fraction of sp³-hybridized carbons (Fsp3) is 0.533. The zero-order chi connectivity index (χ0) is 15.5. The maximum Gasteiger partial charge on any atom is 0.339 e. The lowest BCUT2D eigenvalue weighted by molar-refractivity contribution is -0.143. The van der Waals surface area contributed by atoms with Gasteiger partial charge in [0, 0.05) is 12.7 Å². The van der Waals surface area contributed by atoms with Crippen molar-refractivity contribution in [3.8, 4) is 0 Å². The third-order valence-electron chi connectivity index (χ3n) is 3.89. The highest BCUT2D eigenvalue weighted by Gasteiger charge is 2.42. The van der Waals surface area contributed by atoms with Crippen LogP contribution in [0.5, 0.6) is 0 Å². The number of anilines is 1. The Morgan fingerprint density at radius 1 is 1.43 bits per heavy atom. The first-order valence-electron chi connectivity index (χ1n) is 7.13. The van der Waals surface area contributed by atoms with Crippen LogP contribution in [0.4, 0.5) is 5.82 Å². The molecule has 2 rings (SSSR count). The van der Waals surface area contributed by atoms with E-state index >= 15 is 0 Å². The quantitative estimate of drug-likeness (QED) is 0.856. The number of carboxylic acid groups (broad SMARTS) is 1. The molecule has 0 aromatic carbocycles. The number of hydrogen-bond donors (Lipinski definition) is 1. The standard InChI is InChI=1S/C15H20N2O4/c1-3-21-13(18)11-6-7-12(16-10-11)17-9-5-4-8-15(17,2)14(19)20/h6-7,10H,3-5,8-9H2,1-2H3,(H,19,20). The van der Waals surface area contributed by atoms with E-state index in [0.29, 0.717) is 31.0 Å². The van der Waals surface area contributed by atoms with Gasteiger partial charge in [-0.15, -0.1) is 0 Å². The Hall–Kier alpha value is -2.11. The van der Waals surface area contributed by atoms with Crippen LogP contribution in [-0.2, 0) is 9.53 Å². The molecule has 1 aromatic heterocycles. The van der Waals surface area contributed by atoms with Crippen LogP contribution in [0.2, 0.25) is 0 Å². The van der Waals surface area contributed by atoms with Crippen molar-refractivity contribution in [2.24, 2.45) is 0 Å². The molecule has 6 heteroatoms. The number of carbonyl (C=O) groups is 2. The van der Waals surface area contributed by atoms with Crippen LogP contribution >= 0.6 is 0 Å². The topological polar surface area (TPSA) is 79.7 Å². The van der Waals surface area contributed by atoms with Crippen molar-refractivity contribution < 1.29 is 19.4 Å². The number of aromatic nitrogens is 1. The van der Waals surface area contributed by atoms with Crippen LogP contribution in [0.3, 0.4) is 0 Å². The second-order valence-electron chi connectivity index (χ2n) is 5.31. The fourth-order valence-corrected chi connectivity index (χ4v) is 2.59. The zero-order valence-electron chi connectivity index (χ0n) is 12.3. The van der Waals surface area contributed by atoms with E-state index in [9.17, 15) is 14.7 Å². The number of ether oxygens (including phenoxy) is 1. The Morgan fingerprint density at radius 2 is 2.19 bits per heavy atom. The number of rotatable bonds is 4. The molecule has 0 bridgehead atoms. The van der Waals surface area contributed by atoms with Gasteiger partial charge in [-0.1, -0.05) is 0 Å². The summed E-state index contributed by atoms with van der Waals surface area (Å²) in [6.45, 7) is 4.42. The molecule has 21 heavy (non-hydrogen) atoms. The average molecular weight is 292 g/mol. The first-order valence-corrected chi connectivity index (χ1v) is 7.13. The SMILES string of the molecule is CCOC(=O)c1ccc(N2CCCCC2(C)C(=O)O)nc1. The molecule has 6 nitrogen and oxygen atoms in total. The van der Waals surface area contributed by atoms with E-state index in [1.165, 1.54) is 6.20 Å². The van der Waals surface area contributed by atoms with Gasteiger partial charge in [0.05, 0.1) is 12.2 Å². The summed E-state index contributed by atoms with van der Waals surface area (Å²) in [7, 11) is 0. The first-order chi connectivity index (χ1) is 9.99. The van der Waals surface area contributed by atoms with Gasteiger partial charge in [0.25, 0.3) is 0 Å². The van der Waals surface area contributed by atoms with Gasteiger partial charge >= 0.3 is 11.9 Å². The van der Waals surface area contributed by atoms with Crippen LogP contribution in [0.15, 0.2) is 18.3 Å². The Kier molecular flexibility index (Phi) is 4.45. The van der Waals surface area contributed by atoms with Gasteiger partial charge in [0.2, 0.25) is 0 Å². The van der Waals surface area contributed by atoms with Crippen LogP contribution in [-0.4, -0.2) is 40.7 Å². The second kappa shape index (κ2) is 6.11. The Morgan fingerprint density at radius 3 is 2.76 bits per heavy atom. The lowest BCUT2D eigenvalue weighted by Gasteiger charge is -2.42. The van der Waals surface area contributed by atoms with Gasteiger partial charge in [-0.2, -0.15) is 0 Å². The number of pyridine rings is 1. The van der Waals surface area contributed by atoms with E-state index in [4.69, 9.17) is 4.74 Å². The largest absolute Gasteiger partial charge is 0.480 e. The van der Waals surface area contributed by atoms with Gasteiger partial charge in [0.1, 0.15) is 11.4 Å². The summed E-state index contributed by atoms with van der Waals surface area (Å²) in [5.41, 5.74) is -0.578. The minimum Gasteiger partial charge on any atom is -0.480 e. The van der Waals surface area contributed by atoms with E-state index in [0.717, 1.165) is 12.8 Å². The zero-order valence-corrected chi connectivity index (χ0v) is 12.3. The monoisotopic (exact) mass is 292 g/mol. The molecule has 2 heterocycles. The predicted octanol–water partition coefficient (Wildman–Crippen LogP) is 2.09. The number of piperidine rings is 1. The normalized spacial score (nSPS) is 21.9. The van der Waals surface area contributed by atoms with Crippen molar-refractivity contribution in [1.29, 1.82) is 0 Å². The third-order valence-corrected chi connectivity index (χ3v) is 3.89. The minimum atomic E-state index is -0.948. The molecule has 0 amide bonds. The molecule has 1 aliphatic rings. The molecule has 1 unspecified atom stereocenters. The molecule has 1 aliphatic heterocycles. The van der Waals surface area contributed by atoms with Crippen molar-refractivity contribution in [2.45, 2.75) is 38.6 Å². The van der Waals surface area contributed by atoms with Gasteiger partial charge < -0.3 is 14.7 Å². The molecule has 0 spiro atoms. The molecule has 1 saturated heterocycles. The smallest absolute Gasteiger partial charge is 0.339 e. The molecule has 1 atom stereocenters. The van der Waals surface area contributed by atoms with E-state index in [1.807, 2.05) is 0 Å². The second-order valence-corrected chi connectivity index (χ2v) is 5.31. The summed E-state index contributed by atoms with van der Waals surface area (Å²) in [6, 6.07) is 3.30. The van der Waals surface area contributed by atoms with Crippen LogP contribution in [0, 0.1) is 0 Å². The van der Waals surface area contributed by atoms with Gasteiger partial charge in [-0.3, -0.25) is 0 Å². The maximum absolute atomic E-state index is 11.6. The Labute approximate surface area is 123 Å². The fourth-order valence-electron chi connectivity index (χ4n) is 2.59. The van der Waals surface area contributed by atoms with Gasteiger partial charge in [0.15, 0.2) is 0 Å². The molecule has 1 fully saturated rings. The van der Waals surface area contributed by atoms with Crippen LogP contribution in [0.25, 0.3) is 0 Å². The van der Waals surface area contributed by atoms with Crippen molar-refractivity contribution >= 4 is 17.8 Å². The van der Waals surface area contributed by atoms with E-state index < -0.39 is 17.5 Å². The number of esters is 1. The summed E-state index contributed by atoms with van der Waals surface area (Å²) in [5.74, 6) is -0.692. The molecule has 0 radical (unpaired) electrons. The van der Waals surface area contributed by atoms with Gasteiger partial charge in [-0.05, 0) is 45.2 Å². The molecule has 0 saturated carbocycles. The first kappa shape index (κ1) is 15.3. The highest BCUT2D eigenvalue weighted by atomic mass is 16.5. The highest BCUT2D eigenvalue weighted by Crippen LogP contribution is 2.32. The summed E-state index contributed by atoms with van der Waals surface area (Å²) in [5, 5.41) is 9.50. The van der Waals surface area contributed by atoms with Crippen molar-refractivity contribution in [2.75, 3.05) is 18.1 Å².